The van der Waals surface area contributed by atoms with Crippen LogP contribution in [0.15, 0.2) is 18.7 Å². The topological polar surface area (TPSA) is 58.5 Å². The van der Waals surface area contributed by atoms with Crippen LogP contribution in [0.2, 0.25) is 0 Å². The molecule has 0 aliphatic rings. The fourth-order valence-electron chi connectivity index (χ4n) is 1.56. The summed E-state index contributed by atoms with van der Waals surface area (Å²) in [7, 11) is 1.96. The minimum absolute atomic E-state index is 0.832. The number of aromatic amines is 1. The van der Waals surface area contributed by atoms with Crippen LogP contribution >= 0.6 is 0 Å². The SMILES string of the molecule is CCCNCc1cnc(-c2cncn2C)[nH]1. The molecule has 16 heavy (non-hydrogen) atoms. The molecule has 0 aliphatic heterocycles. The van der Waals surface area contributed by atoms with Gasteiger partial charge in [-0.1, -0.05) is 6.92 Å². The van der Waals surface area contributed by atoms with Gasteiger partial charge in [-0.3, -0.25) is 0 Å². The number of nitrogens with one attached hydrogen (secondary N) is 2. The number of hydrogen-bond donors (Lipinski definition) is 2. The van der Waals surface area contributed by atoms with E-state index in [-0.39, 0.29) is 0 Å². The highest BCUT2D eigenvalue weighted by Gasteiger charge is 2.06. The monoisotopic (exact) mass is 219 g/mol. The maximum absolute atomic E-state index is 4.34. The third-order valence-electron chi connectivity index (χ3n) is 2.43. The second-order valence-corrected chi connectivity index (χ2v) is 3.82. The highest BCUT2D eigenvalue weighted by atomic mass is 15.1. The fourth-order valence-corrected chi connectivity index (χ4v) is 1.56. The summed E-state index contributed by atoms with van der Waals surface area (Å²) < 4.78 is 1.95. The summed E-state index contributed by atoms with van der Waals surface area (Å²) in [6.45, 7) is 4.01. The van der Waals surface area contributed by atoms with Gasteiger partial charge in [-0.15, -0.1) is 0 Å². The Morgan fingerprint density at radius 3 is 3.00 bits per heavy atom. The first-order valence-electron chi connectivity index (χ1n) is 5.52. The molecule has 0 fully saturated rings. The third-order valence-corrected chi connectivity index (χ3v) is 2.43. The zero-order valence-electron chi connectivity index (χ0n) is 9.70. The standard InChI is InChI=1S/C11H17N5/c1-3-4-12-5-9-6-14-11(15-9)10-7-13-8-16(10)2/h6-8,12H,3-5H2,1-2H3,(H,14,15). The minimum Gasteiger partial charge on any atom is -0.339 e. The summed E-state index contributed by atoms with van der Waals surface area (Å²) in [6.07, 6.45) is 6.59. The van der Waals surface area contributed by atoms with E-state index in [0.29, 0.717) is 0 Å². The smallest absolute Gasteiger partial charge is 0.155 e. The van der Waals surface area contributed by atoms with Gasteiger partial charge < -0.3 is 14.9 Å². The molecule has 2 rings (SSSR count). The molecule has 2 aromatic heterocycles. The third kappa shape index (κ3) is 2.30. The van der Waals surface area contributed by atoms with Crippen molar-refractivity contribution < 1.29 is 0 Å². The molecule has 0 atom stereocenters. The van der Waals surface area contributed by atoms with Crippen LogP contribution < -0.4 is 5.32 Å². The Labute approximate surface area is 94.9 Å². The lowest BCUT2D eigenvalue weighted by Gasteiger charge is -1.99. The Hall–Kier alpha value is -1.62. The van der Waals surface area contributed by atoms with Crippen molar-refractivity contribution in [2.45, 2.75) is 19.9 Å². The summed E-state index contributed by atoms with van der Waals surface area (Å²) in [5.41, 5.74) is 2.10. The van der Waals surface area contributed by atoms with Crippen LogP contribution in [0.4, 0.5) is 0 Å². The van der Waals surface area contributed by atoms with Gasteiger partial charge in [0.15, 0.2) is 5.82 Å². The van der Waals surface area contributed by atoms with Crippen molar-refractivity contribution in [3.05, 3.63) is 24.4 Å². The van der Waals surface area contributed by atoms with Crippen molar-refractivity contribution in [2.75, 3.05) is 6.54 Å². The van der Waals surface area contributed by atoms with Crippen molar-refractivity contribution in [1.29, 1.82) is 0 Å². The molecule has 5 nitrogen and oxygen atoms in total. The normalized spacial score (nSPS) is 10.9. The van der Waals surface area contributed by atoms with E-state index >= 15 is 0 Å². The quantitative estimate of drug-likeness (QED) is 0.745. The second-order valence-electron chi connectivity index (χ2n) is 3.82. The predicted molar refractivity (Wildman–Crippen MR) is 62.8 cm³/mol. The van der Waals surface area contributed by atoms with E-state index in [1.165, 1.54) is 0 Å². The molecule has 0 aromatic carbocycles. The van der Waals surface area contributed by atoms with Gasteiger partial charge in [0.1, 0.15) is 5.69 Å². The molecule has 0 aliphatic carbocycles. The highest BCUT2D eigenvalue weighted by molar-refractivity contribution is 5.48. The van der Waals surface area contributed by atoms with Gasteiger partial charge >= 0.3 is 0 Å². The van der Waals surface area contributed by atoms with Gasteiger partial charge in [0, 0.05) is 19.3 Å². The Balaban J connectivity index is 2.05. The van der Waals surface area contributed by atoms with Crippen molar-refractivity contribution in [3.8, 4) is 11.5 Å². The number of rotatable bonds is 5. The van der Waals surface area contributed by atoms with Crippen LogP contribution in [0.5, 0.6) is 0 Å². The van der Waals surface area contributed by atoms with Crippen LogP contribution in [0, 0.1) is 0 Å². The van der Waals surface area contributed by atoms with E-state index in [0.717, 1.165) is 36.7 Å². The number of imidazole rings is 2. The lowest BCUT2D eigenvalue weighted by Crippen LogP contribution is -2.13. The van der Waals surface area contributed by atoms with Gasteiger partial charge in [0.2, 0.25) is 0 Å². The minimum atomic E-state index is 0.832. The van der Waals surface area contributed by atoms with Crippen LogP contribution in [0.3, 0.4) is 0 Å². The Kier molecular flexibility index (Phi) is 3.36. The molecule has 2 N–H and O–H groups in total. The zero-order valence-corrected chi connectivity index (χ0v) is 9.70. The summed E-state index contributed by atoms with van der Waals surface area (Å²) in [4.78, 5) is 11.7. The van der Waals surface area contributed by atoms with Crippen LogP contribution in [0.25, 0.3) is 11.5 Å². The van der Waals surface area contributed by atoms with Crippen molar-refractivity contribution >= 4 is 0 Å². The van der Waals surface area contributed by atoms with E-state index in [4.69, 9.17) is 0 Å². The summed E-state index contributed by atoms with van der Waals surface area (Å²) in [5.74, 6) is 0.869. The Bertz CT molecular complexity index is 443. The highest BCUT2D eigenvalue weighted by Crippen LogP contribution is 2.13. The number of nitrogens with zero attached hydrogens (tertiary/aromatic N) is 3. The number of aromatic nitrogens is 4. The average molecular weight is 219 g/mol. The molecule has 0 spiro atoms. The molecular formula is C11H17N5. The maximum atomic E-state index is 4.34. The summed E-state index contributed by atoms with van der Waals surface area (Å²) in [6, 6.07) is 0. The maximum Gasteiger partial charge on any atom is 0.155 e. The van der Waals surface area contributed by atoms with Gasteiger partial charge in [-0.2, -0.15) is 0 Å². The first-order chi connectivity index (χ1) is 7.81. The molecule has 0 bridgehead atoms. The molecule has 0 unspecified atom stereocenters. The molecule has 2 heterocycles. The van der Waals surface area contributed by atoms with Gasteiger partial charge in [-0.25, -0.2) is 9.97 Å². The van der Waals surface area contributed by atoms with E-state index in [1.54, 1.807) is 6.33 Å². The Morgan fingerprint density at radius 2 is 2.31 bits per heavy atom. The van der Waals surface area contributed by atoms with Crippen LogP contribution in [-0.2, 0) is 13.6 Å². The lowest BCUT2D eigenvalue weighted by atomic mass is 10.4. The molecule has 2 aromatic rings. The molecule has 0 radical (unpaired) electrons. The molecule has 86 valence electrons. The van der Waals surface area contributed by atoms with Crippen molar-refractivity contribution in [1.82, 2.24) is 24.8 Å². The van der Waals surface area contributed by atoms with Crippen LogP contribution in [-0.4, -0.2) is 26.1 Å². The Morgan fingerprint density at radius 1 is 1.44 bits per heavy atom. The molecule has 5 heteroatoms. The molecule has 0 saturated heterocycles. The largest absolute Gasteiger partial charge is 0.339 e. The average Bonchev–Trinajstić information content (AvgIpc) is 2.87. The lowest BCUT2D eigenvalue weighted by molar-refractivity contribution is 0.666. The predicted octanol–water partition coefficient (Wildman–Crippen LogP) is 1.31. The first-order valence-corrected chi connectivity index (χ1v) is 5.52. The number of hydrogen-bond acceptors (Lipinski definition) is 3. The van der Waals surface area contributed by atoms with Gasteiger partial charge in [0.25, 0.3) is 0 Å². The molecular weight excluding hydrogens is 202 g/mol. The number of aryl methyl sites for hydroxylation is 1. The van der Waals surface area contributed by atoms with E-state index < -0.39 is 0 Å². The number of H-pyrrole nitrogens is 1. The van der Waals surface area contributed by atoms with Gasteiger partial charge in [0.05, 0.1) is 18.7 Å². The van der Waals surface area contributed by atoms with Crippen LogP contribution in [0.1, 0.15) is 19.0 Å². The molecule has 0 amide bonds. The van der Waals surface area contributed by atoms with Crippen molar-refractivity contribution in [2.24, 2.45) is 7.05 Å². The summed E-state index contributed by atoms with van der Waals surface area (Å²) in [5, 5.41) is 3.33. The van der Waals surface area contributed by atoms with Gasteiger partial charge in [-0.05, 0) is 13.0 Å². The fraction of sp³-hybridized carbons (Fsp3) is 0.455. The molecule has 0 saturated carbocycles. The van der Waals surface area contributed by atoms with E-state index in [2.05, 4.69) is 27.2 Å². The second kappa shape index (κ2) is 4.94. The first kappa shape index (κ1) is 10.9. The zero-order chi connectivity index (χ0) is 11.4. The van der Waals surface area contributed by atoms with Crippen molar-refractivity contribution in [3.63, 3.8) is 0 Å². The summed E-state index contributed by atoms with van der Waals surface area (Å²) >= 11 is 0. The van der Waals surface area contributed by atoms with E-state index in [1.807, 2.05) is 24.0 Å². The van der Waals surface area contributed by atoms with E-state index in [9.17, 15) is 0 Å².